The standard InChI is InChI=1S/C31H22Cl2F3N3O/c1-18-14-21(16-22(15-18)31(34,35)36)30-38-27(23-6-2-4-8-25(23)32)28(24-7-3-5-9-26(24)33)39(30)17-19-10-12-20(13-11-19)29(37)40/h2-16H,17H2,1H3,(H2,37,40). The summed E-state index contributed by atoms with van der Waals surface area (Å²) in [5, 5.41) is 0.867. The third kappa shape index (κ3) is 5.48. The number of amides is 1. The number of nitrogens with two attached hydrogens (primary N) is 1. The van der Waals surface area contributed by atoms with Crippen molar-refractivity contribution in [3.05, 3.63) is 123 Å². The Balaban J connectivity index is 1.84. The highest BCUT2D eigenvalue weighted by atomic mass is 35.5. The van der Waals surface area contributed by atoms with Crippen LogP contribution in [-0.4, -0.2) is 15.5 Å². The summed E-state index contributed by atoms with van der Waals surface area (Å²) in [6, 6.07) is 24.9. The van der Waals surface area contributed by atoms with Crippen molar-refractivity contribution in [1.29, 1.82) is 0 Å². The molecule has 0 saturated carbocycles. The number of rotatable bonds is 6. The van der Waals surface area contributed by atoms with Gasteiger partial charge in [0.05, 0.1) is 22.0 Å². The molecule has 0 bridgehead atoms. The first-order valence-electron chi connectivity index (χ1n) is 12.2. The van der Waals surface area contributed by atoms with Gasteiger partial charge >= 0.3 is 6.18 Å². The fraction of sp³-hybridized carbons (Fsp3) is 0.0968. The highest BCUT2D eigenvalue weighted by molar-refractivity contribution is 6.34. The van der Waals surface area contributed by atoms with Crippen LogP contribution in [0.4, 0.5) is 13.2 Å². The van der Waals surface area contributed by atoms with Gasteiger partial charge in [0.2, 0.25) is 5.91 Å². The summed E-state index contributed by atoms with van der Waals surface area (Å²) in [6.07, 6.45) is -4.54. The maximum absolute atomic E-state index is 13.8. The Bertz CT molecular complexity index is 1730. The highest BCUT2D eigenvalue weighted by Crippen LogP contribution is 2.42. The van der Waals surface area contributed by atoms with E-state index in [-0.39, 0.29) is 12.1 Å². The smallest absolute Gasteiger partial charge is 0.366 e. The van der Waals surface area contributed by atoms with E-state index in [1.54, 1.807) is 67.6 Å². The van der Waals surface area contributed by atoms with Gasteiger partial charge in [-0.1, -0.05) is 71.7 Å². The lowest BCUT2D eigenvalue weighted by molar-refractivity contribution is -0.137. The number of imidazole rings is 1. The van der Waals surface area contributed by atoms with E-state index in [9.17, 15) is 18.0 Å². The zero-order valence-electron chi connectivity index (χ0n) is 21.1. The van der Waals surface area contributed by atoms with Gasteiger partial charge < -0.3 is 10.3 Å². The van der Waals surface area contributed by atoms with Crippen molar-refractivity contribution in [3.63, 3.8) is 0 Å². The molecule has 40 heavy (non-hydrogen) atoms. The van der Waals surface area contributed by atoms with E-state index >= 15 is 0 Å². The van der Waals surface area contributed by atoms with Crippen LogP contribution in [0, 0.1) is 6.92 Å². The molecule has 5 rings (SSSR count). The predicted octanol–water partition coefficient (Wildman–Crippen LogP) is 8.67. The number of hydrogen-bond donors (Lipinski definition) is 1. The van der Waals surface area contributed by atoms with Crippen LogP contribution in [0.3, 0.4) is 0 Å². The number of benzene rings is 4. The molecule has 0 aliphatic rings. The zero-order chi connectivity index (χ0) is 28.6. The third-order valence-corrected chi connectivity index (χ3v) is 7.13. The summed E-state index contributed by atoms with van der Waals surface area (Å²) in [5.74, 6) is -0.259. The van der Waals surface area contributed by atoms with Gasteiger partial charge in [0.15, 0.2) is 0 Å². The zero-order valence-corrected chi connectivity index (χ0v) is 22.6. The molecule has 1 heterocycles. The van der Waals surface area contributed by atoms with E-state index < -0.39 is 17.6 Å². The highest BCUT2D eigenvalue weighted by Gasteiger charge is 2.32. The van der Waals surface area contributed by atoms with Gasteiger partial charge in [-0.25, -0.2) is 4.98 Å². The number of aromatic nitrogens is 2. The Morgan fingerprint density at radius 1 is 0.875 bits per heavy atom. The monoisotopic (exact) mass is 579 g/mol. The van der Waals surface area contributed by atoms with Gasteiger partial charge in [0, 0.05) is 33.8 Å². The summed E-state index contributed by atoms with van der Waals surface area (Å²) >= 11 is 13.3. The van der Waals surface area contributed by atoms with Crippen LogP contribution >= 0.6 is 23.2 Å². The third-order valence-electron chi connectivity index (χ3n) is 6.47. The number of halogens is 5. The molecule has 4 aromatic carbocycles. The second-order valence-electron chi connectivity index (χ2n) is 9.33. The largest absolute Gasteiger partial charge is 0.416 e. The minimum Gasteiger partial charge on any atom is -0.366 e. The molecule has 5 aromatic rings. The average Bonchev–Trinajstić information content (AvgIpc) is 3.27. The van der Waals surface area contributed by atoms with Crippen molar-refractivity contribution in [3.8, 4) is 33.9 Å². The van der Waals surface area contributed by atoms with E-state index in [2.05, 4.69) is 0 Å². The molecule has 0 aliphatic carbocycles. The topological polar surface area (TPSA) is 60.9 Å². The molecule has 1 amide bonds. The van der Waals surface area contributed by atoms with Crippen molar-refractivity contribution in [2.45, 2.75) is 19.6 Å². The maximum Gasteiger partial charge on any atom is 0.416 e. The van der Waals surface area contributed by atoms with Crippen LogP contribution in [0.15, 0.2) is 91.0 Å². The Kier molecular flexibility index (Phi) is 7.45. The molecule has 202 valence electrons. The van der Waals surface area contributed by atoms with Crippen LogP contribution in [0.2, 0.25) is 10.0 Å². The minimum atomic E-state index is -4.54. The fourth-order valence-electron chi connectivity index (χ4n) is 4.63. The van der Waals surface area contributed by atoms with Crippen molar-refractivity contribution in [1.82, 2.24) is 9.55 Å². The lowest BCUT2D eigenvalue weighted by Gasteiger charge is -2.16. The fourth-order valence-corrected chi connectivity index (χ4v) is 5.08. The molecule has 1 aromatic heterocycles. The van der Waals surface area contributed by atoms with Gasteiger partial charge in [0.25, 0.3) is 0 Å². The number of alkyl halides is 3. The lowest BCUT2D eigenvalue weighted by atomic mass is 10.0. The lowest BCUT2D eigenvalue weighted by Crippen LogP contribution is -2.11. The molecular formula is C31H22Cl2F3N3O. The van der Waals surface area contributed by atoms with Crippen LogP contribution in [-0.2, 0) is 12.7 Å². The van der Waals surface area contributed by atoms with E-state index in [0.717, 1.165) is 17.7 Å². The molecule has 2 N–H and O–H groups in total. The van der Waals surface area contributed by atoms with E-state index in [1.165, 1.54) is 0 Å². The van der Waals surface area contributed by atoms with Crippen molar-refractivity contribution >= 4 is 29.1 Å². The molecule has 0 fully saturated rings. The normalized spacial score (nSPS) is 11.6. The molecule has 0 atom stereocenters. The second-order valence-corrected chi connectivity index (χ2v) is 10.1. The molecular weight excluding hydrogens is 558 g/mol. The molecule has 0 saturated heterocycles. The summed E-state index contributed by atoms with van der Waals surface area (Å²) in [7, 11) is 0. The van der Waals surface area contributed by atoms with Crippen LogP contribution < -0.4 is 5.73 Å². The molecule has 0 radical (unpaired) electrons. The molecule has 9 heteroatoms. The van der Waals surface area contributed by atoms with Crippen LogP contribution in [0.25, 0.3) is 33.9 Å². The first-order valence-corrected chi connectivity index (χ1v) is 13.0. The number of aryl methyl sites for hydroxylation is 1. The molecule has 0 aliphatic heterocycles. The van der Waals surface area contributed by atoms with E-state index in [1.807, 2.05) is 22.8 Å². The van der Waals surface area contributed by atoms with Gasteiger partial charge in [0.1, 0.15) is 5.82 Å². The maximum atomic E-state index is 13.8. The van der Waals surface area contributed by atoms with Gasteiger partial charge in [-0.2, -0.15) is 13.2 Å². The summed E-state index contributed by atoms with van der Waals surface area (Å²) in [5.41, 5.74) is 8.75. The average molecular weight is 580 g/mol. The van der Waals surface area contributed by atoms with Crippen LogP contribution in [0.5, 0.6) is 0 Å². The number of hydrogen-bond acceptors (Lipinski definition) is 2. The number of nitrogens with zero attached hydrogens (tertiary/aromatic N) is 2. The first kappa shape index (κ1) is 27.5. The summed E-state index contributed by atoms with van der Waals surface area (Å²) in [6.45, 7) is 1.82. The van der Waals surface area contributed by atoms with Crippen molar-refractivity contribution < 1.29 is 18.0 Å². The van der Waals surface area contributed by atoms with Crippen molar-refractivity contribution in [2.75, 3.05) is 0 Å². The number of carbonyl (C=O) groups excluding carboxylic acids is 1. The summed E-state index contributed by atoms with van der Waals surface area (Å²) < 4.78 is 43.3. The van der Waals surface area contributed by atoms with Gasteiger partial charge in [-0.3, -0.25) is 4.79 Å². The number of carbonyl (C=O) groups is 1. The molecule has 0 unspecified atom stereocenters. The Morgan fingerprint density at radius 3 is 2.05 bits per heavy atom. The van der Waals surface area contributed by atoms with E-state index in [4.69, 9.17) is 33.9 Å². The molecule has 4 nitrogen and oxygen atoms in total. The second kappa shape index (κ2) is 10.8. The van der Waals surface area contributed by atoms with E-state index in [0.29, 0.717) is 49.5 Å². The predicted molar refractivity (Wildman–Crippen MR) is 152 cm³/mol. The number of primary amides is 1. The SMILES string of the molecule is Cc1cc(-c2nc(-c3ccccc3Cl)c(-c3ccccc3Cl)n2Cc2ccc(C(N)=O)cc2)cc(C(F)(F)F)c1. The molecule has 0 spiro atoms. The Morgan fingerprint density at radius 2 is 1.48 bits per heavy atom. The minimum absolute atomic E-state index is 0.210. The Labute approximate surface area is 238 Å². The Hall–Kier alpha value is -4.07. The first-order chi connectivity index (χ1) is 19.0. The van der Waals surface area contributed by atoms with Gasteiger partial charge in [-0.15, -0.1) is 0 Å². The summed E-state index contributed by atoms with van der Waals surface area (Å²) in [4.78, 5) is 16.5. The quantitative estimate of drug-likeness (QED) is 0.219. The van der Waals surface area contributed by atoms with Gasteiger partial charge in [-0.05, 0) is 60.5 Å². The van der Waals surface area contributed by atoms with Crippen molar-refractivity contribution in [2.24, 2.45) is 5.73 Å². The van der Waals surface area contributed by atoms with Crippen LogP contribution in [0.1, 0.15) is 27.0 Å².